The molecule has 6 aliphatic heterocycles. The molecule has 15 aliphatic rings. The molecule has 24 atom stereocenters. The minimum Gasteiger partial charge on any atom is -0.294 e. The molecule has 15 fully saturated rings. The molecule has 0 aromatic carbocycles. The van der Waals surface area contributed by atoms with Crippen LogP contribution in [0.3, 0.4) is 0 Å². The fourth-order valence-corrected chi connectivity index (χ4v) is 24.6. The predicted octanol–water partition coefficient (Wildman–Crippen LogP) is 11.4. The van der Waals surface area contributed by atoms with Crippen LogP contribution in [-0.2, 0) is 0 Å². The summed E-state index contributed by atoms with van der Waals surface area (Å²) in [4.78, 5) is 14.0. The molecule has 4 nitrogen and oxygen atoms in total. The summed E-state index contributed by atoms with van der Waals surface area (Å²) in [6, 6.07) is 11.2. The third-order valence-electron chi connectivity index (χ3n) is 25.4. The zero-order valence-electron chi connectivity index (χ0n) is 38.6. The van der Waals surface area contributed by atoms with Crippen molar-refractivity contribution in [3.63, 3.8) is 0 Å². The van der Waals surface area contributed by atoms with E-state index in [0.717, 1.165) is 155 Å². The Hall–Kier alpha value is -0.160. The van der Waals surface area contributed by atoms with Crippen LogP contribution in [0.15, 0.2) is 0 Å². The molecule has 0 aromatic heterocycles. The molecule has 60 heavy (non-hydrogen) atoms. The third-order valence-corrected chi connectivity index (χ3v) is 25.4. The van der Waals surface area contributed by atoms with Gasteiger partial charge in [-0.1, -0.05) is 90.9 Å². The molecule has 0 amide bonds. The first-order chi connectivity index (χ1) is 29.7. The van der Waals surface area contributed by atoms with Crippen molar-refractivity contribution in [2.45, 2.75) is 266 Å². The van der Waals surface area contributed by atoms with Crippen molar-refractivity contribution < 1.29 is 0 Å². The monoisotopic (exact) mass is 817 g/mol. The topological polar surface area (TPSA) is 13.0 Å². The summed E-state index contributed by atoms with van der Waals surface area (Å²) in [5.74, 6) is 14.0. The van der Waals surface area contributed by atoms with Gasteiger partial charge in [0.1, 0.15) is 0 Å². The molecular formula is C56H88N4. The lowest BCUT2D eigenvalue weighted by molar-refractivity contribution is -0.0673. The van der Waals surface area contributed by atoms with Crippen LogP contribution < -0.4 is 0 Å². The Kier molecular flexibility index (Phi) is 8.98. The van der Waals surface area contributed by atoms with Crippen LogP contribution in [0, 0.1) is 82.9 Å². The van der Waals surface area contributed by atoms with E-state index in [2.05, 4.69) is 33.4 Å². The van der Waals surface area contributed by atoms with Gasteiger partial charge < -0.3 is 0 Å². The fraction of sp³-hybridized carbons (Fsp3) is 1.00. The van der Waals surface area contributed by atoms with E-state index in [1.807, 2.05) is 0 Å². The molecule has 0 N–H and O–H groups in total. The van der Waals surface area contributed by atoms with Gasteiger partial charge in [0.2, 0.25) is 0 Å². The highest BCUT2D eigenvalue weighted by Crippen LogP contribution is 2.71. The zero-order chi connectivity index (χ0) is 39.1. The maximum atomic E-state index is 3.61. The van der Waals surface area contributed by atoms with Crippen LogP contribution in [0.4, 0.5) is 0 Å². The number of hydrogen-bond acceptors (Lipinski definition) is 4. The number of likely N-dealkylation sites (tertiary alicyclic amines) is 2. The molecule has 9 aliphatic carbocycles. The average molecular weight is 817 g/mol. The van der Waals surface area contributed by atoms with E-state index in [1.54, 1.807) is 103 Å². The van der Waals surface area contributed by atoms with Crippen molar-refractivity contribution in [1.82, 2.24) is 19.6 Å². The van der Waals surface area contributed by atoms with Crippen molar-refractivity contribution in [3.05, 3.63) is 0 Å². The van der Waals surface area contributed by atoms with E-state index in [1.165, 1.54) is 77.0 Å². The van der Waals surface area contributed by atoms with Gasteiger partial charge in [-0.2, -0.15) is 0 Å². The van der Waals surface area contributed by atoms with E-state index in [-0.39, 0.29) is 0 Å². The average Bonchev–Trinajstić information content (AvgIpc) is 4.13. The summed E-state index contributed by atoms with van der Waals surface area (Å²) in [5, 5.41) is 0. The van der Waals surface area contributed by atoms with Gasteiger partial charge in [-0.25, -0.2) is 0 Å². The molecule has 0 bridgehead atoms. The van der Waals surface area contributed by atoms with E-state index < -0.39 is 0 Å². The van der Waals surface area contributed by atoms with Gasteiger partial charge in [-0.05, 0) is 186 Å². The second-order valence-electron chi connectivity index (χ2n) is 26.5. The molecule has 15 rings (SSSR count). The molecule has 332 valence electrons. The number of hydrogen-bond donors (Lipinski definition) is 0. The lowest BCUT2D eigenvalue weighted by Gasteiger charge is -2.56. The van der Waals surface area contributed by atoms with Crippen LogP contribution >= 0.6 is 0 Å². The molecule has 9 saturated carbocycles. The summed E-state index contributed by atoms with van der Waals surface area (Å²) in [6.07, 6.45) is 43.5. The van der Waals surface area contributed by atoms with Gasteiger partial charge in [0, 0.05) is 72.5 Å². The quantitative estimate of drug-likeness (QED) is 0.275. The van der Waals surface area contributed by atoms with Crippen LogP contribution in [0.1, 0.15) is 194 Å². The number of fused-ring (bicyclic) bond motifs is 20. The molecule has 6 saturated heterocycles. The predicted molar refractivity (Wildman–Crippen MR) is 242 cm³/mol. The van der Waals surface area contributed by atoms with Crippen molar-refractivity contribution >= 4 is 0 Å². The van der Waals surface area contributed by atoms with Gasteiger partial charge in [0.05, 0.1) is 0 Å². The van der Waals surface area contributed by atoms with E-state index in [4.69, 9.17) is 0 Å². The molecular weight excluding hydrogens is 729 g/mol. The molecule has 24 unspecified atom stereocenters. The summed E-state index contributed by atoms with van der Waals surface area (Å²) in [7, 11) is 0. The number of nitrogens with zero attached hydrogens (tertiary/aromatic N) is 4. The third kappa shape index (κ3) is 4.87. The van der Waals surface area contributed by atoms with Gasteiger partial charge in [-0.15, -0.1) is 0 Å². The van der Waals surface area contributed by atoms with Crippen molar-refractivity contribution in [1.29, 1.82) is 0 Å². The lowest BCUT2D eigenvalue weighted by Crippen LogP contribution is -2.62. The Bertz CT molecular complexity index is 1520. The van der Waals surface area contributed by atoms with Crippen LogP contribution in [-0.4, -0.2) is 92.1 Å². The Balaban J connectivity index is 0.805. The van der Waals surface area contributed by atoms with Crippen molar-refractivity contribution in [3.8, 4) is 0 Å². The van der Waals surface area contributed by atoms with Crippen molar-refractivity contribution in [2.24, 2.45) is 82.9 Å². The SMILES string of the molecule is CC1C2C3CCCC4C5CCC6C(C7CCCCC7N6C6CCCCC6)C5N(C43)C2C(C)C2C3CCCC4C5CCC6C(C7CCCCC7N6C6CCCCC6)C5N(C43)C12. The Morgan fingerprint density at radius 2 is 0.600 bits per heavy atom. The van der Waals surface area contributed by atoms with Gasteiger partial charge in [-0.3, -0.25) is 19.6 Å². The molecule has 6 heterocycles. The van der Waals surface area contributed by atoms with Gasteiger partial charge >= 0.3 is 0 Å². The molecule has 0 spiro atoms. The highest BCUT2D eigenvalue weighted by atomic mass is 15.4. The first-order valence-electron chi connectivity index (χ1n) is 28.8. The van der Waals surface area contributed by atoms with Crippen LogP contribution in [0.5, 0.6) is 0 Å². The maximum Gasteiger partial charge on any atom is 0.0179 e. The molecule has 0 radical (unpaired) electrons. The van der Waals surface area contributed by atoms with E-state index in [9.17, 15) is 0 Å². The second-order valence-corrected chi connectivity index (χ2v) is 26.5. The van der Waals surface area contributed by atoms with E-state index in [0.29, 0.717) is 0 Å². The largest absolute Gasteiger partial charge is 0.294 e. The smallest absolute Gasteiger partial charge is 0.0179 e. The van der Waals surface area contributed by atoms with Crippen molar-refractivity contribution in [2.75, 3.05) is 0 Å². The normalized spacial score (nSPS) is 59.9. The standard InChI is InChI=1S/C56H88N4/c1-31-47-41-23-13-21-35-38-28-30-46-50(40-20-10-12-26-44(40)58(46)34-17-7-4-8-18-34)56(38)60(53(35)41)52(47)32(2)48-42-24-14-22-36-37-27-29-45-49(55(37)59(51(31)48)54(36)42)39-19-9-11-25-43(39)57(45)33-15-5-3-6-16-33/h31-56H,3-30H2,1-2H3. The molecule has 0 aromatic rings. The highest BCUT2D eigenvalue weighted by Gasteiger charge is 2.76. The zero-order valence-corrected chi connectivity index (χ0v) is 38.6. The molecule has 4 heteroatoms. The lowest BCUT2D eigenvalue weighted by atomic mass is 9.54. The van der Waals surface area contributed by atoms with E-state index >= 15 is 0 Å². The maximum absolute atomic E-state index is 3.61. The summed E-state index contributed by atoms with van der Waals surface area (Å²) in [6.45, 7) is 5.94. The highest BCUT2D eigenvalue weighted by molar-refractivity contribution is 5.28. The number of rotatable bonds is 2. The minimum absolute atomic E-state index is 0.905. The Labute approximate surface area is 367 Å². The Morgan fingerprint density at radius 1 is 0.233 bits per heavy atom. The van der Waals surface area contributed by atoms with Crippen LogP contribution in [0.25, 0.3) is 0 Å². The summed E-state index contributed by atoms with van der Waals surface area (Å²) in [5.41, 5.74) is 0. The Morgan fingerprint density at radius 3 is 1.05 bits per heavy atom. The summed E-state index contributed by atoms with van der Waals surface area (Å²) >= 11 is 0. The first kappa shape index (κ1) is 38.0. The van der Waals surface area contributed by atoms with Gasteiger partial charge in [0.25, 0.3) is 0 Å². The fourth-order valence-electron chi connectivity index (χ4n) is 24.6. The van der Waals surface area contributed by atoms with Crippen LogP contribution in [0.2, 0.25) is 0 Å². The first-order valence-corrected chi connectivity index (χ1v) is 28.8. The minimum atomic E-state index is 0.905. The summed E-state index contributed by atoms with van der Waals surface area (Å²) < 4.78 is 0. The second kappa shape index (κ2) is 14.2. The van der Waals surface area contributed by atoms with Gasteiger partial charge in [0.15, 0.2) is 0 Å².